The maximum atomic E-state index is 12.2. The van der Waals surface area contributed by atoms with Crippen LogP contribution in [0.3, 0.4) is 0 Å². The maximum absolute atomic E-state index is 12.2. The van der Waals surface area contributed by atoms with Crippen LogP contribution in [0.4, 0.5) is 5.69 Å². The Hall–Kier alpha value is -3.68. The van der Waals surface area contributed by atoms with E-state index in [1.807, 2.05) is 0 Å². The summed E-state index contributed by atoms with van der Waals surface area (Å²) in [6.07, 6.45) is -1.08. The van der Waals surface area contributed by atoms with Crippen LogP contribution < -0.4 is 15.4 Å². The molecule has 29 heavy (non-hydrogen) atoms. The third kappa shape index (κ3) is 6.46. The van der Waals surface area contributed by atoms with Crippen molar-refractivity contribution in [3.8, 4) is 5.75 Å². The normalized spacial score (nSPS) is 11.1. The van der Waals surface area contributed by atoms with Gasteiger partial charge >= 0.3 is 5.97 Å². The molecule has 0 unspecified atom stereocenters. The van der Waals surface area contributed by atoms with Crippen LogP contribution in [-0.2, 0) is 14.3 Å². The minimum atomic E-state index is -1.08. The summed E-state index contributed by atoms with van der Waals surface area (Å²) in [5.41, 5.74) is 1.22. The van der Waals surface area contributed by atoms with Crippen LogP contribution in [0.25, 0.3) is 0 Å². The molecule has 0 radical (unpaired) electrons. The van der Waals surface area contributed by atoms with E-state index in [1.54, 1.807) is 42.5 Å². The van der Waals surface area contributed by atoms with Gasteiger partial charge in [0.1, 0.15) is 12.3 Å². The zero-order valence-electron chi connectivity index (χ0n) is 16.4. The molecule has 0 bridgehead atoms. The van der Waals surface area contributed by atoms with Gasteiger partial charge < -0.3 is 20.1 Å². The molecular weight excluding hydrogens is 376 g/mol. The van der Waals surface area contributed by atoms with E-state index in [0.717, 1.165) is 0 Å². The molecule has 2 amide bonds. The van der Waals surface area contributed by atoms with Crippen molar-refractivity contribution in [1.82, 2.24) is 5.32 Å². The Balaban J connectivity index is 1.83. The Morgan fingerprint density at radius 2 is 1.69 bits per heavy atom. The van der Waals surface area contributed by atoms with E-state index in [2.05, 4.69) is 10.6 Å². The average Bonchev–Trinajstić information content (AvgIpc) is 2.72. The first kappa shape index (κ1) is 21.6. The second-order valence-electron chi connectivity index (χ2n) is 6.17. The van der Waals surface area contributed by atoms with Crippen molar-refractivity contribution in [3.63, 3.8) is 0 Å². The molecule has 2 rings (SSSR count). The van der Waals surface area contributed by atoms with Gasteiger partial charge in [-0.05, 0) is 50.2 Å². The second-order valence-corrected chi connectivity index (χ2v) is 6.17. The average molecular weight is 398 g/mol. The number of ketones is 1. The molecule has 0 saturated heterocycles. The summed E-state index contributed by atoms with van der Waals surface area (Å²) < 4.78 is 10.0. The van der Waals surface area contributed by atoms with Gasteiger partial charge in [-0.15, -0.1) is 0 Å². The zero-order valence-corrected chi connectivity index (χ0v) is 16.4. The summed E-state index contributed by atoms with van der Waals surface area (Å²) in [5, 5.41) is 5.00. The zero-order chi connectivity index (χ0) is 21.4. The quantitative estimate of drug-likeness (QED) is 0.521. The number of nitrogens with one attached hydrogen (secondary N) is 2. The third-order valence-electron chi connectivity index (χ3n) is 3.96. The van der Waals surface area contributed by atoms with Crippen molar-refractivity contribution in [2.75, 3.05) is 19.0 Å². The highest BCUT2D eigenvalue weighted by Gasteiger charge is 2.19. The minimum absolute atomic E-state index is 0.131. The first-order valence-corrected chi connectivity index (χ1v) is 8.83. The Labute approximate surface area is 168 Å². The van der Waals surface area contributed by atoms with Gasteiger partial charge in [0.15, 0.2) is 11.9 Å². The number of anilines is 1. The van der Waals surface area contributed by atoms with E-state index in [1.165, 1.54) is 27.0 Å². The monoisotopic (exact) mass is 398 g/mol. The molecule has 8 nitrogen and oxygen atoms in total. The standard InChI is InChI=1S/C21H22N2O6/c1-13(24)16-5-4-6-17(11-16)23-20(26)14(2)29-19(25)12-22-21(27)15-7-9-18(28-3)10-8-15/h4-11,14H,12H2,1-3H3,(H,22,27)(H,23,26)/t14-/m0/s1. The van der Waals surface area contributed by atoms with E-state index < -0.39 is 23.9 Å². The van der Waals surface area contributed by atoms with Gasteiger partial charge in [0.2, 0.25) is 0 Å². The molecule has 0 aromatic heterocycles. The van der Waals surface area contributed by atoms with Crippen LogP contribution in [0.1, 0.15) is 34.6 Å². The lowest BCUT2D eigenvalue weighted by molar-refractivity contribution is -0.152. The van der Waals surface area contributed by atoms with Gasteiger partial charge in [0.05, 0.1) is 7.11 Å². The highest BCUT2D eigenvalue weighted by Crippen LogP contribution is 2.12. The fourth-order valence-corrected chi connectivity index (χ4v) is 2.35. The first-order valence-electron chi connectivity index (χ1n) is 8.83. The van der Waals surface area contributed by atoms with Gasteiger partial charge in [0, 0.05) is 16.8 Å². The lowest BCUT2D eigenvalue weighted by Gasteiger charge is -2.14. The van der Waals surface area contributed by atoms with Gasteiger partial charge in [-0.2, -0.15) is 0 Å². The number of Topliss-reactive ketones (excluding diaryl/α,β-unsaturated/α-hetero) is 1. The van der Waals surface area contributed by atoms with Crippen LogP contribution in [0.15, 0.2) is 48.5 Å². The number of hydrogen-bond acceptors (Lipinski definition) is 6. The van der Waals surface area contributed by atoms with Crippen molar-refractivity contribution in [1.29, 1.82) is 0 Å². The number of rotatable bonds is 8. The number of benzene rings is 2. The molecule has 0 saturated carbocycles. The molecule has 1 atom stereocenters. The number of carbonyl (C=O) groups excluding carboxylic acids is 4. The molecule has 152 valence electrons. The van der Waals surface area contributed by atoms with Crippen molar-refractivity contribution < 1.29 is 28.7 Å². The number of esters is 1. The van der Waals surface area contributed by atoms with Gasteiger partial charge in [-0.25, -0.2) is 0 Å². The van der Waals surface area contributed by atoms with E-state index in [-0.39, 0.29) is 12.3 Å². The number of ether oxygens (including phenoxy) is 2. The van der Waals surface area contributed by atoms with Gasteiger partial charge in [-0.1, -0.05) is 12.1 Å². The second kappa shape index (κ2) is 10.0. The van der Waals surface area contributed by atoms with Gasteiger partial charge in [-0.3, -0.25) is 19.2 Å². The summed E-state index contributed by atoms with van der Waals surface area (Å²) in [5.74, 6) is -1.29. The third-order valence-corrected chi connectivity index (χ3v) is 3.96. The van der Waals surface area contributed by atoms with Crippen molar-refractivity contribution >= 4 is 29.3 Å². The number of hydrogen-bond donors (Lipinski definition) is 2. The largest absolute Gasteiger partial charge is 0.497 e. The summed E-state index contributed by atoms with van der Waals surface area (Å²) in [6, 6.07) is 12.8. The fraction of sp³-hybridized carbons (Fsp3) is 0.238. The predicted octanol–water partition coefficient (Wildman–Crippen LogP) is 2.20. The van der Waals surface area contributed by atoms with Crippen LogP contribution in [0.5, 0.6) is 5.75 Å². The topological polar surface area (TPSA) is 111 Å². The number of carbonyl (C=O) groups is 4. The Morgan fingerprint density at radius 1 is 1.00 bits per heavy atom. The summed E-state index contributed by atoms with van der Waals surface area (Å²) >= 11 is 0. The molecule has 0 aliphatic carbocycles. The molecule has 2 N–H and O–H groups in total. The first-order chi connectivity index (χ1) is 13.8. The summed E-state index contributed by atoms with van der Waals surface area (Å²) in [7, 11) is 1.52. The molecule has 2 aromatic rings. The fourth-order valence-electron chi connectivity index (χ4n) is 2.35. The number of methoxy groups -OCH3 is 1. The molecule has 8 heteroatoms. The van der Waals surface area contributed by atoms with E-state index >= 15 is 0 Å². The predicted molar refractivity (Wildman–Crippen MR) is 106 cm³/mol. The van der Waals surface area contributed by atoms with E-state index in [4.69, 9.17) is 9.47 Å². The minimum Gasteiger partial charge on any atom is -0.497 e. The molecule has 0 aliphatic rings. The molecule has 0 aliphatic heterocycles. The molecule has 0 heterocycles. The molecule has 0 spiro atoms. The van der Waals surface area contributed by atoms with Gasteiger partial charge in [0.25, 0.3) is 11.8 Å². The molecular formula is C21H22N2O6. The lowest BCUT2D eigenvalue weighted by Crippen LogP contribution is -2.35. The van der Waals surface area contributed by atoms with Crippen LogP contribution in [0, 0.1) is 0 Å². The smallest absolute Gasteiger partial charge is 0.326 e. The SMILES string of the molecule is COc1ccc(C(=O)NCC(=O)O[C@@H](C)C(=O)Nc2cccc(C(C)=O)c2)cc1. The van der Waals surface area contributed by atoms with Crippen LogP contribution >= 0.6 is 0 Å². The van der Waals surface area contributed by atoms with Crippen molar-refractivity contribution in [3.05, 3.63) is 59.7 Å². The van der Waals surface area contributed by atoms with E-state index in [0.29, 0.717) is 22.6 Å². The molecule has 0 fully saturated rings. The van der Waals surface area contributed by atoms with E-state index in [9.17, 15) is 19.2 Å². The maximum Gasteiger partial charge on any atom is 0.326 e. The highest BCUT2D eigenvalue weighted by atomic mass is 16.5. The van der Waals surface area contributed by atoms with Crippen LogP contribution in [-0.4, -0.2) is 43.3 Å². The van der Waals surface area contributed by atoms with Crippen molar-refractivity contribution in [2.24, 2.45) is 0 Å². The Kier molecular flexibility index (Phi) is 7.47. The Morgan fingerprint density at radius 3 is 2.31 bits per heavy atom. The molecule has 2 aromatic carbocycles. The summed E-state index contributed by atoms with van der Waals surface area (Å²) in [4.78, 5) is 47.5. The summed E-state index contributed by atoms with van der Waals surface area (Å²) in [6.45, 7) is 2.45. The Bertz CT molecular complexity index is 908. The van der Waals surface area contributed by atoms with Crippen LogP contribution in [0.2, 0.25) is 0 Å². The highest BCUT2D eigenvalue weighted by molar-refractivity contribution is 5.99. The number of amides is 2. The van der Waals surface area contributed by atoms with Crippen molar-refractivity contribution in [2.45, 2.75) is 20.0 Å². The lowest BCUT2D eigenvalue weighted by atomic mass is 10.1.